The standard InChI is InChI=1S/C17H24N4O4/c1-11-9-13(19-18-11)15(23)20-7-5-17(6-8-20)4-3-14(22)21(10-17)12(2)16(24)25/h9,12H,3-8,10H2,1-2H3,(H,18,19)(H,24,25)/t12-/m1/s1. The Morgan fingerprint density at radius 1 is 1.32 bits per heavy atom. The molecule has 2 aliphatic heterocycles. The molecule has 136 valence electrons. The maximum absolute atomic E-state index is 12.5. The number of aromatic amines is 1. The van der Waals surface area contributed by atoms with Gasteiger partial charge in [-0.2, -0.15) is 5.10 Å². The van der Waals surface area contributed by atoms with E-state index in [0.717, 1.165) is 25.0 Å². The fraction of sp³-hybridized carbons (Fsp3) is 0.647. The second-order valence-electron chi connectivity index (χ2n) is 7.26. The number of aliphatic carboxylic acids is 1. The molecule has 25 heavy (non-hydrogen) atoms. The third kappa shape index (κ3) is 3.38. The van der Waals surface area contributed by atoms with Crippen LogP contribution in [0.25, 0.3) is 0 Å². The maximum atomic E-state index is 12.5. The fourth-order valence-corrected chi connectivity index (χ4v) is 3.81. The number of likely N-dealkylation sites (tertiary alicyclic amines) is 2. The van der Waals surface area contributed by atoms with Crippen molar-refractivity contribution < 1.29 is 19.5 Å². The summed E-state index contributed by atoms with van der Waals surface area (Å²) in [5.41, 5.74) is 1.19. The average molecular weight is 348 g/mol. The third-order valence-electron chi connectivity index (χ3n) is 5.56. The zero-order valence-electron chi connectivity index (χ0n) is 14.6. The molecule has 0 unspecified atom stereocenters. The van der Waals surface area contributed by atoms with Crippen LogP contribution in [0.1, 0.15) is 48.8 Å². The Hall–Kier alpha value is -2.38. The lowest BCUT2D eigenvalue weighted by molar-refractivity contribution is -0.154. The summed E-state index contributed by atoms with van der Waals surface area (Å²) in [5.74, 6) is -1.15. The van der Waals surface area contributed by atoms with Crippen molar-refractivity contribution >= 4 is 17.8 Å². The third-order valence-corrected chi connectivity index (χ3v) is 5.56. The lowest BCUT2D eigenvalue weighted by Gasteiger charge is -2.48. The molecule has 1 spiro atoms. The maximum Gasteiger partial charge on any atom is 0.326 e. The predicted molar refractivity (Wildman–Crippen MR) is 88.9 cm³/mol. The van der Waals surface area contributed by atoms with Gasteiger partial charge in [0.1, 0.15) is 11.7 Å². The van der Waals surface area contributed by atoms with Gasteiger partial charge in [0, 0.05) is 31.7 Å². The lowest BCUT2D eigenvalue weighted by Crippen LogP contribution is -2.55. The molecule has 2 aliphatic rings. The highest BCUT2D eigenvalue weighted by Crippen LogP contribution is 2.41. The summed E-state index contributed by atoms with van der Waals surface area (Å²) in [5, 5.41) is 16.0. The number of amides is 2. The highest BCUT2D eigenvalue weighted by atomic mass is 16.4. The van der Waals surface area contributed by atoms with Crippen molar-refractivity contribution in [2.45, 2.75) is 45.6 Å². The van der Waals surface area contributed by atoms with Crippen LogP contribution < -0.4 is 0 Å². The molecule has 2 amide bonds. The second-order valence-corrected chi connectivity index (χ2v) is 7.26. The van der Waals surface area contributed by atoms with Crippen LogP contribution in [0.3, 0.4) is 0 Å². The monoisotopic (exact) mass is 348 g/mol. The summed E-state index contributed by atoms with van der Waals surface area (Å²) in [4.78, 5) is 39.2. The minimum Gasteiger partial charge on any atom is -0.480 e. The molecular weight excluding hydrogens is 324 g/mol. The molecule has 0 radical (unpaired) electrons. The van der Waals surface area contributed by atoms with Crippen molar-refractivity contribution in [3.63, 3.8) is 0 Å². The number of carbonyl (C=O) groups excluding carboxylic acids is 2. The van der Waals surface area contributed by atoms with Crippen LogP contribution in [0.2, 0.25) is 0 Å². The van der Waals surface area contributed by atoms with Gasteiger partial charge in [-0.3, -0.25) is 14.7 Å². The molecule has 0 bridgehead atoms. The number of aromatic nitrogens is 2. The van der Waals surface area contributed by atoms with E-state index in [1.807, 2.05) is 6.92 Å². The first-order chi connectivity index (χ1) is 11.8. The lowest BCUT2D eigenvalue weighted by atomic mass is 9.72. The molecule has 8 nitrogen and oxygen atoms in total. The SMILES string of the molecule is Cc1cc(C(=O)N2CCC3(CCC(=O)N([C@H](C)C(=O)O)C3)CC2)n[nH]1. The van der Waals surface area contributed by atoms with Crippen LogP contribution in [-0.2, 0) is 9.59 Å². The van der Waals surface area contributed by atoms with Crippen LogP contribution >= 0.6 is 0 Å². The number of carboxylic acids is 1. The summed E-state index contributed by atoms with van der Waals surface area (Å²) in [6.45, 7) is 5.08. The molecule has 1 aromatic heterocycles. The summed E-state index contributed by atoms with van der Waals surface area (Å²) in [7, 11) is 0. The molecular formula is C17H24N4O4. The minimum absolute atomic E-state index is 0.0816. The number of piperidine rings is 2. The molecule has 0 saturated carbocycles. The zero-order valence-corrected chi connectivity index (χ0v) is 14.6. The number of rotatable bonds is 3. The summed E-state index contributed by atoms with van der Waals surface area (Å²) in [6.07, 6.45) is 2.69. The van der Waals surface area contributed by atoms with Crippen LogP contribution in [0, 0.1) is 12.3 Å². The number of carboxylic acid groups (broad SMARTS) is 1. The second kappa shape index (κ2) is 6.50. The summed E-state index contributed by atoms with van der Waals surface area (Å²) >= 11 is 0. The highest BCUT2D eigenvalue weighted by molar-refractivity contribution is 5.92. The molecule has 1 aromatic rings. The molecule has 2 N–H and O–H groups in total. The van der Waals surface area contributed by atoms with Gasteiger partial charge in [0.2, 0.25) is 5.91 Å². The molecule has 8 heteroatoms. The smallest absolute Gasteiger partial charge is 0.326 e. The quantitative estimate of drug-likeness (QED) is 0.849. The zero-order chi connectivity index (χ0) is 18.2. The largest absolute Gasteiger partial charge is 0.480 e. The van der Waals surface area contributed by atoms with Crippen molar-refractivity contribution in [2.24, 2.45) is 5.41 Å². The minimum atomic E-state index is -0.980. The Bertz CT molecular complexity index is 691. The number of hydrogen-bond donors (Lipinski definition) is 2. The van der Waals surface area contributed by atoms with Gasteiger partial charge in [0.25, 0.3) is 5.91 Å². The number of nitrogens with zero attached hydrogens (tertiary/aromatic N) is 3. The Labute approximate surface area is 146 Å². The number of nitrogens with one attached hydrogen (secondary N) is 1. The fourth-order valence-electron chi connectivity index (χ4n) is 3.81. The first-order valence-corrected chi connectivity index (χ1v) is 8.65. The first kappa shape index (κ1) is 17.4. The highest BCUT2D eigenvalue weighted by Gasteiger charge is 2.44. The molecule has 1 atom stereocenters. The van der Waals surface area contributed by atoms with E-state index < -0.39 is 12.0 Å². The van der Waals surface area contributed by atoms with Gasteiger partial charge >= 0.3 is 5.97 Å². The Kier molecular flexibility index (Phi) is 4.53. The van der Waals surface area contributed by atoms with E-state index in [1.54, 1.807) is 17.9 Å². The van der Waals surface area contributed by atoms with E-state index in [2.05, 4.69) is 10.2 Å². The predicted octanol–water partition coefficient (Wildman–Crippen LogP) is 1.04. The number of H-pyrrole nitrogens is 1. The first-order valence-electron chi connectivity index (χ1n) is 8.65. The Balaban J connectivity index is 1.65. The van der Waals surface area contributed by atoms with Gasteiger partial charge in [0.15, 0.2) is 0 Å². The van der Waals surface area contributed by atoms with Crippen LogP contribution in [-0.4, -0.2) is 68.6 Å². The van der Waals surface area contributed by atoms with Crippen LogP contribution in [0.5, 0.6) is 0 Å². The van der Waals surface area contributed by atoms with E-state index >= 15 is 0 Å². The molecule has 2 fully saturated rings. The molecule has 3 heterocycles. The molecule has 0 aliphatic carbocycles. The topological polar surface area (TPSA) is 107 Å². The normalized spacial score (nSPS) is 21.4. The van der Waals surface area contributed by atoms with E-state index in [1.165, 1.54) is 4.90 Å². The average Bonchev–Trinajstić information content (AvgIpc) is 3.03. The van der Waals surface area contributed by atoms with Gasteiger partial charge in [-0.1, -0.05) is 0 Å². The van der Waals surface area contributed by atoms with Gasteiger partial charge in [0.05, 0.1) is 0 Å². The molecule has 3 rings (SSSR count). The molecule has 2 saturated heterocycles. The Morgan fingerprint density at radius 2 is 2.00 bits per heavy atom. The van der Waals surface area contributed by atoms with Crippen molar-refractivity contribution in [3.05, 3.63) is 17.5 Å². The van der Waals surface area contributed by atoms with Gasteiger partial charge in [-0.25, -0.2) is 4.79 Å². The number of aryl methyl sites for hydroxylation is 1. The van der Waals surface area contributed by atoms with Gasteiger partial charge in [-0.05, 0) is 44.6 Å². The summed E-state index contributed by atoms with van der Waals surface area (Å²) in [6, 6.07) is 0.929. The Morgan fingerprint density at radius 3 is 2.56 bits per heavy atom. The van der Waals surface area contributed by atoms with Gasteiger partial charge in [-0.15, -0.1) is 0 Å². The van der Waals surface area contributed by atoms with E-state index in [-0.39, 0.29) is 17.2 Å². The van der Waals surface area contributed by atoms with Gasteiger partial charge < -0.3 is 14.9 Å². The van der Waals surface area contributed by atoms with Crippen molar-refractivity contribution in [2.75, 3.05) is 19.6 Å². The van der Waals surface area contributed by atoms with Crippen LogP contribution in [0.15, 0.2) is 6.07 Å². The van der Waals surface area contributed by atoms with E-state index in [4.69, 9.17) is 0 Å². The van der Waals surface area contributed by atoms with Crippen LogP contribution in [0.4, 0.5) is 0 Å². The van der Waals surface area contributed by atoms with Crippen molar-refractivity contribution in [3.8, 4) is 0 Å². The number of hydrogen-bond acceptors (Lipinski definition) is 4. The number of carbonyl (C=O) groups is 3. The van der Waals surface area contributed by atoms with Crippen molar-refractivity contribution in [1.29, 1.82) is 0 Å². The van der Waals surface area contributed by atoms with Crippen molar-refractivity contribution in [1.82, 2.24) is 20.0 Å². The van der Waals surface area contributed by atoms with E-state index in [0.29, 0.717) is 31.7 Å². The summed E-state index contributed by atoms with van der Waals surface area (Å²) < 4.78 is 0. The van der Waals surface area contributed by atoms with E-state index in [9.17, 15) is 19.5 Å². The molecule has 0 aromatic carbocycles.